The van der Waals surface area contributed by atoms with Crippen molar-refractivity contribution in [2.24, 2.45) is 0 Å². The van der Waals surface area contributed by atoms with Crippen molar-refractivity contribution in [3.63, 3.8) is 0 Å². The molecule has 0 saturated carbocycles. The van der Waals surface area contributed by atoms with Gasteiger partial charge in [0.25, 0.3) is 0 Å². The van der Waals surface area contributed by atoms with E-state index in [1.807, 2.05) is 0 Å². The molecule has 0 radical (unpaired) electrons. The topological polar surface area (TPSA) is 43.4 Å². The SMILES string of the molecule is COc1ccc(S(=O)(=O)c2ccc(F)cc2)cc1. The van der Waals surface area contributed by atoms with Crippen molar-refractivity contribution in [3.05, 3.63) is 54.3 Å². The van der Waals surface area contributed by atoms with Crippen LogP contribution in [-0.4, -0.2) is 15.5 Å². The molecule has 0 atom stereocenters. The monoisotopic (exact) mass is 266 g/mol. The van der Waals surface area contributed by atoms with Gasteiger partial charge in [-0.25, -0.2) is 12.8 Å². The molecule has 0 aliphatic heterocycles. The average molecular weight is 266 g/mol. The summed E-state index contributed by atoms with van der Waals surface area (Å²) < 4.78 is 42.1. The first-order valence-electron chi connectivity index (χ1n) is 5.19. The van der Waals surface area contributed by atoms with Gasteiger partial charge in [-0.15, -0.1) is 0 Å². The van der Waals surface area contributed by atoms with E-state index in [4.69, 9.17) is 4.74 Å². The maximum atomic E-state index is 12.8. The normalized spacial score (nSPS) is 11.2. The third kappa shape index (κ3) is 2.36. The maximum Gasteiger partial charge on any atom is 0.206 e. The van der Waals surface area contributed by atoms with E-state index in [0.29, 0.717) is 5.75 Å². The predicted molar refractivity (Wildman–Crippen MR) is 64.8 cm³/mol. The summed E-state index contributed by atoms with van der Waals surface area (Å²) in [6.07, 6.45) is 0. The minimum absolute atomic E-state index is 0.0640. The zero-order valence-electron chi connectivity index (χ0n) is 9.63. The molecule has 3 nitrogen and oxygen atoms in total. The lowest BCUT2D eigenvalue weighted by atomic mass is 10.3. The number of rotatable bonds is 3. The van der Waals surface area contributed by atoms with E-state index in [1.165, 1.54) is 31.4 Å². The predicted octanol–water partition coefficient (Wildman–Crippen LogP) is 2.67. The first-order chi connectivity index (χ1) is 8.54. The zero-order valence-corrected chi connectivity index (χ0v) is 10.4. The van der Waals surface area contributed by atoms with Crippen LogP contribution in [0.15, 0.2) is 58.3 Å². The van der Waals surface area contributed by atoms with E-state index in [-0.39, 0.29) is 9.79 Å². The Kier molecular flexibility index (Phi) is 3.34. The molecule has 94 valence electrons. The number of ether oxygens (including phenoxy) is 1. The van der Waals surface area contributed by atoms with Crippen LogP contribution in [0.1, 0.15) is 0 Å². The zero-order chi connectivity index (χ0) is 13.2. The van der Waals surface area contributed by atoms with Crippen LogP contribution in [0.25, 0.3) is 0 Å². The van der Waals surface area contributed by atoms with Gasteiger partial charge in [-0.05, 0) is 48.5 Å². The lowest BCUT2D eigenvalue weighted by molar-refractivity contribution is 0.414. The van der Waals surface area contributed by atoms with Crippen LogP contribution in [-0.2, 0) is 9.84 Å². The molecule has 0 aromatic heterocycles. The summed E-state index contributed by atoms with van der Waals surface area (Å²) in [6, 6.07) is 10.8. The molecule has 0 aliphatic rings. The van der Waals surface area contributed by atoms with Gasteiger partial charge in [-0.2, -0.15) is 0 Å². The Morgan fingerprint density at radius 3 is 1.78 bits per heavy atom. The molecule has 0 fully saturated rings. The number of methoxy groups -OCH3 is 1. The molecule has 18 heavy (non-hydrogen) atoms. The Morgan fingerprint density at radius 1 is 0.889 bits per heavy atom. The van der Waals surface area contributed by atoms with E-state index in [2.05, 4.69) is 0 Å². The lowest BCUT2D eigenvalue weighted by Gasteiger charge is -2.05. The van der Waals surface area contributed by atoms with E-state index in [1.54, 1.807) is 12.1 Å². The number of hydrogen-bond donors (Lipinski definition) is 0. The van der Waals surface area contributed by atoms with Crippen LogP contribution in [0.2, 0.25) is 0 Å². The fourth-order valence-corrected chi connectivity index (χ4v) is 2.77. The standard InChI is InChI=1S/C13H11FO3S/c1-17-11-4-8-13(9-5-11)18(15,16)12-6-2-10(14)3-7-12/h2-9H,1H3. The van der Waals surface area contributed by atoms with Gasteiger partial charge in [-0.3, -0.25) is 0 Å². The second-order valence-corrected chi connectivity index (χ2v) is 5.58. The Bertz CT molecular complexity index is 631. The van der Waals surface area contributed by atoms with E-state index >= 15 is 0 Å². The fourth-order valence-electron chi connectivity index (χ4n) is 1.50. The third-order valence-corrected chi connectivity index (χ3v) is 4.28. The summed E-state index contributed by atoms with van der Waals surface area (Å²) in [6.45, 7) is 0. The Balaban J connectivity index is 2.44. The molecule has 0 aliphatic carbocycles. The first kappa shape index (κ1) is 12.6. The van der Waals surface area contributed by atoms with Gasteiger partial charge in [0.2, 0.25) is 9.84 Å². The molecule has 0 bridgehead atoms. The van der Waals surface area contributed by atoms with Crippen molar-refractivity contribution < 1.29 is 17.5 Å². The average Bonchev–Trinajstić information content (AvgIpc) is 2.39. The van der Waals surface area contributed by atoms with Gasteiger partial charge >= 0.3 is 0 Å². The molecular formula is C13H11FO3S. The van der Waals surface area contributed by atoms with Gasteiger partial charge < -0.3 is 4.74 Å². The summed E-state index contributed by atoms with van der Waals surface area (Å²) in [5, 5.41) is 0. The molecule has 2 aromatic rings. The Morgan fingerprint density at radius 2 is 1.33 bits per heavy atom. The van der Waals surface area contributed by atoms with E-state index < -0.39 is 15.7 Å². The molecule has 0 spiro atoms. The highest BCUT2D eigenvalue weighted by molar-refractivity contribution is 7.91. The minimum Gasteiger partial charge on any atom is -0.497 e. The van der Waals surface area contributed by atoms with Gasteiger partial charge in [-0.1, -0.05) is 0 Å². The number of sulfone groups is 1. The summed E-state index contributed by atoms with van der Waals surface area (Å²) in [4.78, 5) is 0.212. The van der Waals surface area contributed by atoms with E-state index in [0.717, 1.165) is 12.1 Å². The Hall–Kier alpha value is -1.88. The second kappa shape index (κ2) is 4.78. The summed E-state index contributed by atoms with van der Waals surface area (Å²) in [5.41, 5.74) is 0. The highest BCUT2D eigenvalue weighted by Crippen LogP contribution is 2.23. The van der Waals surface area contributed by atoms with E-state index in [9.17, 15) is 12.8 Å². The highest BCUT2D eigenvalue weighted by atomic mass is 32.2. The van der Waals surface area contributed by atoms with Crippen molar-refractivity contribution >= 4 is 9.84 Å². The summed E-state index contributed by atoms with van der Waals surface area (Å²) in [7, 11) is -2.10. The molecule has 5 heteroatoms. The largest absolute Gasteiger partial charge is 0.497 e. The van der Waals surface area contributed by atoms with Crippen LogP contribution >= 0.6 is 0 Å². The van der Waals surface area contributed by atoms with Crippen LogP contribution < -0.4 is 4.74 Å². The molecule has 0 saturated heterocycles. The second-order valence-electron chi connectivity index (χ2n) is 3.63. The third-order valence-electron chi connectivity index (χ3n) is 2.49. The lowest BCUT2D eigenvalue weighted by Crippen LogP contribution is -2.01. The van der Waals surface area contributed by atoms with Crippen LogP contribution in [0.4, 0.5) is 4.39 Å². The Labute approximate surface area is 105 Å². The van der Waals surface area contributed by atoms with Crippen molar-refractivity contribution in [1.29, 1.82) is 0 Å². The van der Waals surface area contributed by atoms with Crippen molar-refractivity contribution in [2.75, 3.05) is 7.11 Å². The molecule has 0 unspecified atom stereocenters. The van der Waals surface area contributed by atoms with Crippen molar-refractivity contribution in [1.82, 2.24) is 0 Å². The fraction of sp³-hybridized carbons (Fsp3) is 0.0769. The van der Waals surface area contributed by atoms with Gasteiger partial charge in [0.05, 0.1) is 16.9 Å². The first-order valence-corrected chi connectivity index (χ1v) is 6.67. The van der Waals surface area contributed by atoms with Crippen LogP contribution in [0.3, 0.4) is 0 Å². The van der Waals surface area contributed by atoms with Gasteiger partial charge in [0.15, 0.2) is 0 Å². The summed E-state index contributed by atoms with van der Waals surface area (Å²) >= 11 is 0. The molecular weight excluding hydrogens is 255 g/mol. The number of benzene rings is 2. The molecule has 2 rings (SSSR count). The van der Waals surface area contributed by atoms with Crippen molar-refractivity contribution in [3.8, 4) is 5.75 Å². The quantitative estimate of drug-likeness (QED) is 0.802. The number of halogens is 1. The molecule has 0 amide bonds. The molecule has 0 N–H and O–H groups in total. The molecule has 2 aromatic carbocycles. The summed E-state index contributed by atoms with van der Waals surface area (Å²) in [5.74, 6) is 0.108. The maximum absolute atomic E-state index is 12.8. The smallest absolute Gasteiger partial charge is 0.206 e. The van der Waals surface area contributed by atoms with Crippen LogP contribution in [0.5, 0.6) is 5.75 Å². The van der Waals surface area contributed by atoms with Crippen molar-refractivity contribution in [2.45, 2.75) is 9.79 Å². The van der Waals surface area contributed by atoms with Gasteiger partial charge in [0.1, 0.15) is 11.6 Å². The van der Waals surface area contributed by atoms with Crippen LogP contribution in [0, 0.1) is 5.82 Å². The molecule has 0 heterocycles. The highest BCUT2D eigenvalue weighted by Gasteiger charge is 2.17. The van der Waals surface area contributed by atoms with Gasteiger partial charge in [0, 0.05) is 0 Å². The minimum atomic E-state index is -3.60. The number of hydrogen-bond acceptors (Lipinski definition) is 3.